The van der Waals surface area contributed by atoms with Crippen molar-refractivity contribution in [3.63, 3.8) is 0 Å². The molecule has 1 aliphatic heterocycles. The van der Waals surface area contributed by atoms with Crippen LogP contribution >= 0.6 is 11.6 Å². The first-order chi connectivity index (χ1) is 13.2. The molecule has 0 amide bonds. The maximum Gasteiger partial charge on any atom is 0.162 e. The molecule has 2 aromatic carbocycles. The lowest BCUT2D eigenvalue weighted by molar-refractivity contribution is 0.0399. The normalized spacial score (nSPS) is 17.1. The molecule has 1 saturated heterocycles. The third kappa shape index (κ3) is 3.38. The topological polar surface area (TPSA) is 56.7 Å². The second kappa shape index (κ2) is 7.58. The lowest BCUT2D eigenvalue weighted by Gasteiger charge is -2.35. The molecule has 0 radical (unpaired) electrons. The molecular formula is C20H20ClN3O3. The molecule has 0 aliphatic carbocycles. The van der Waals surface area contributed by atoms with Crippen LogP contribution < -0.4 is 14.4 Å². The van der Waals surface area contributed by atoms with E-state index >= 15 is 0 Å². The fourth-order valence-electron chi connectivity index (χ4n) is 3.42. The van der Waals surface area contributed by atoms with Gasteiger partial charge in [-0.1, -0.05) is 29.8 Å². The minimum Gasteiger partial charge on any atom is -0.493 e. The highest BCUT2D eigenvalue weighted by molar-refractivity contribution is 6.31. The van der Waals surface area contributed by atoms with Crippen molar-refractivity contribution in [2.24, 2.45) is 0 Å². The fourth-order valence-corrected chi connectivity index (χ4v) is 3.67. The summed E-state index contributed by atoms with van der Waals surface area (Å²) < 4.78 is 16.8. The minimum atomic E-state index is -0.101. The van der Waals surface area contributed by atoms with Gasteiger partial charge in [-0.3, -0.25) is 0 Å². The largest absolute Gasteiger partial charge is 0.493 e. The van der Waals surface area contributed by atoms with E-state index in [2.05, 4.69) is 15.1 Å². The van der Waals surface area contributed by atoms with Crippen LogP contribution in [0.1, 0.15) is 11.7 Å². The molecular weight excluding hydrogens is 366 g/mol. The van der Waals surface area contributed by atoms with E-state index < -0.39 is 0 Å². The van der Waals surface area contributed by atoms with Crippen molar-refractivity contribution in [3.05, 3.63) is 53.2 Å². The van der Waals surface area contributed by atoms with E-state index in [1.807, 2.05) is 36.4 Å². The number of ether oxygens (including phenoxy) is 3. The van der Waals surface area contributed by atoms with E-state index in [1.54, 1.807) is 20.4 Å². The Hall–Kier alpha value is -2.57. The number of benzene rings is 2. The fraction of sp³-hybridized carbons (Fsp3) is 0.300. The Morgan fingerprint density at radius 1 is 1.15 bits per heavy atom. The summed E-state index contributed by atoms with van der Waals surface area (Å²) in [6.45, 7) is 2.04. The number of nitrogens with zero attached hydrogens (tertiary/aromatic N) is 3. The van der Waals surface area contributed by atoms with Gasteiger partial charge >= 0.3 is 0 Å². The summed E-state index contributed by atoms with van der Waals surface area (Å²) in [6.07, 6.45) is 1.68. The monoisotopic (exact) mass is 385 g/mol. The van der Waals surface area contributed by atoms with Gasteiger partial charge in [-0.05, 0) is 12.1 Å². The van der Waals surface area contributed by atoms with Gasteiger partial charge in [0.2, 0.25) is 0 Å². The van der Waals surface area contributed by atoms with Gasteiger partial charge in [0, 0.05) is 35.1 Å². The molecule has 4 rings (SSSR count). The molecule has 1 aromatic heterocycles. The summed E-state index contributed by atoms with van der Waals surface area (Å²) >= 11 is 6.37. The minimum absolute atomic E-state index is 0.101. The number of hydrogen-bond acceptors (Lipinski definition) is 6. The Balaban J connectivity index is 1.72. The van der Waals surface area contributed by atoms with Gasteiger partial charge in [0.05, 0.1) is 38.2 Å². The SMILES string of the molecule is COc1cc2nncc(N3CCOC(c4ccccc4Cl)C3)c2cc1OC. The van der Waals surface area contributed by atoms with Crippen molar-refractivity contribution in [1.82, 2.24) is 10.2 Å². The first-order valence-corrected chi connectivity index (χ1v) is 9.07. The van der Waals surface area contributed by atoms with Crippen molar-refractivity contribution in [1.29, 1.82) is 0 Å². The van der Waals surface area contributed by atoms with Gasteiger partial charge in [-0.2, -0.15) is 10.2 Å². The molecule has 0 saturated carbocycles. The maximum atomic E-state index is 6.37. The highest BCUT2D eigenvalue weighted by Crippen LogP contribution is 2.37. The van der Waals surface area contributed by atoms with Crippen molar-refractivity contribution in [2.75, 3.05) is 38.8 Å². The first-order valence-electron chi connectivity index (χ1n) is 8.69. The number of anilines is 1. The van der Waals surface area contributed by atoms with Crippen LogP contribution in [0.2, 0.25) is 5.02 Å². The predicted octanol–water partition coefficient (Wildman–Crippen LogP) is 3.88. The highest BCUT2D eigenvalue weighted by Gasteiger charge is 2.25. The maximum absolute atomic E-state index is 6.37. The number of halogens is 1. The third-order valence-electron chi connectivity index (χ3n) is 4.78. The van der Waals surface area contributed by atoms with E-state index in [0.29, 0.717) is 29.7 Å². The lowest BCUT2D eigenvalue weighted by Crippen LogP contribution is -2.38. The smallest absolute Gasteiger partial charge is 0.162 e. The van der Waals surface area contributed by atoms with E-state index in [9.17, 15) is 0 Å². The van der Waals surface area contributed by atoms with Crippen LogP contribution in [0.15, 0.2) is 42.6 Å². The van der Waals surface area contributed by atoms with E-state index in [-0.39, 0.29) is 6.10 Å². The number of methoxy groups -OCH3 is 2. The van der Waals surface area contributed by atoms with Crippen LogP contribution in [0.25, 0.3) is 10.9 Å². The molecule has 1 atom stereocenters. The Labute approximate surface area is 162 Å². The van der Waals surface area contributed by atoms with E-state index in [4.69, 9.17) is 25.8 Å². The first kappa shape index (κ1) is 17.8. The predicted molar refractivity (Wildman–Crippen MR) is 105 cm³/mol. The van der Waals surface area contributed by atoms with Crippen LogP contribution in [-0.2, 0) is 4.74 Å². The van der Waals surface area contributed by atoms with Gasteiger partial charge in [0.1, 0.15) is 6.10 Å². The van der Waals surface area contributed by atoms with Crippen LogP contribution in [0.5, 0.6) is 11.5 Å². The molecule has 1 fully saturated rings. The summed E-state index contributed by atoms with van der Waals surface area (Å²) in [5.41, 5.74) is 2.74. The highest BCUT2D eigenvalue weighted by atomic mass is 35.5. The average molecular weight is 386 g/mol. The molecule has 1 unspecified atom stereocenters. The molecule has 0 N–H and O–H groups in total. The van der Waals surface area contributed by atoms with Crippen molar-refractivity contribution < 1.29 is 14.2 Å². The summed E-state index contributed by atoms with van der Waals surface area (Å²) in [5.74, 6) is 1.29. The van der Waals surface area contributed by atoms with Crippen LogP contribution in [0, 0.1) is 0 Å². The van der Waals surface area contributed by atoms with E-state index in [0.717, 1.165) is 28.7 Å². The number of hydrogen-bond donors (Lipinski definition) is 0. The second-order valence-corrected chi connectivity index (χ2v) is 6.69. The summed E-state index contributed by atoms with van der Waals surface area (Å²) in [7, 11) is 3.23. The van der Waals surface area contributed by atoms with Crippen molar-refractivity contribution in [2.45, 2.75) is 6.10 Å². The van der Waals surface area contributed by atoms with Crippen LogP contribution in [-0.4, -0.2) is 44.1 Å². The molecule has 2 heterocycles. The van der Waals surface area contributed by atoms with Crippen LogP contribution in [0.4, 0.5) is 5.69 Å². The van der Waals surface area contributed by atoms with Crippen LogP contribution in [0.3, 0.4) is 0 Å². The molecule has 1 aliphatic rings. The molecule has 0 spiro atoms. The number of fused-ring (bicyclic) bond motifs is 1. The molecule has 140 valence electrons. The summed E-state index contributed by atoms with van der Waals surface area (Å²) in [5, 5.41) is 10.1. The zero-order valence-corrected chi connectivity index (χ0v) is 15.9. The van der Waals surface area contributed by atoms with Gasteiger partial charge in [-0.15, -0.1) is 0 Å². The molecule has 3 aromatic rings. The zero-order chi connectivity index (χ0) is 18.8. The average Bonchev–Trinajstić information content (AvgIpc) is 2.72. The third-order valence-corrected chi connectivity index (χ3v) is 5.13. The van der Waals surface area contributed by atoms with Gasteiger partial charge in [-0.25, -0.2) is 0 Å². The number of rotatable bonds is 4. The Bertz CT molecular complexity index is 966. The van der Waals surface area contributed by atoms with Gasteiger partial charge in [0.15, 0.2) is 11.5 Å². The molecule has 6 nitrogen and oxygen atoms in total. The van der Waals surface area contributed by atoms with Crippen molar-refractivity contribution in [3.8, 4) is 11.5 Å². The molecule has 7 heteroatoms. The Morgan fingerprint density at radius 2 is 1.93 bits per heavy atom. The molecule has 27 heavy (non-hydrogen) atoms. The summed E-state index contributed by atoms with van der Waals surface area (Å²) in [4.78, 5) is 2.25. The Kier molecular flexibility index (Phi) is 5.01. The number of aromatic nitrogens is 2. The van der Waals surface area contributed by atoms with E-state index in [1.165, 1.54) is 0 Å². The van der Waals surface area contributed by atoms with Gasteiger partial charge < -0.3 is 19.1 Å². The second-order valence-electron chi connectivity index (χ2n) is 6.28. The lowest BCUT2D eigenvalue weighted by atomic mass is 10.1. The van der Waals surface area contributed by atoms with Crippen molar-refractivity contribution >= 4 is 28.2 Å². The zero-order valence-electron chi connectivity index (χ0n) is 15.2. The standard InChI is InChI=1S/C20H20ClN3O3/c1-25-18-9-14-16(10-19(18)26-2)23-22-11-17(14)24-7-8-27-20(12-24)13-5-3-4-6-15(13)21/h3-6,9-11,20H,7-8,12H2,1-2H3. The molecule has 0 bridgehead atoms. The van der Waals surface area contributed by atoms with Gasteiger partial charge in [0.25, 0.3) is 0 Å². The quantitative estimate of drug-likeness (QED) is 0.679. The summed E-state index contributed by atoms with van der Waals surface area (Å²) in [6, 6.07) is 11.6. The number of morpholine rings is 1. The Morgan fingerprint density at radius 3 is 2.70 bits per heavy atom.